The molecule has 0 saturated heterocycles. The predicted molar refractivity (Wildman–Crippen MR) is 44.3 cm³/mol. The fourth-order valence-corrected chi connectivity index (χ4v) is 4.54. The van der Waals surface area contributed by atoms with E-state index in [2.05, 4.69) is 12.2 Å². The van der Waals surface area contributed by atoms with Gasteiger partial charge in [-0.25, -0.2) is 0 Å². The molecule has 0 spiro atoms. The summed E-state index contributed by atoms with van der Waals surface area (Å²) in [5, 5.41) is 0. The highest BCUT2D eigenvalue weighted by Gasteiger charge is 2.64. The van der Waals surface area contributed by atoms with E-state index in [0.717, 1.165) is 30.1 Å². The Labute approximate surface area is 71.8 Å². The quantitative estimate of drug-likeness (QED) is 0.492. The molecular formula is C11H12O. The molecule has 12 heavy (non-hydrogen) atoms. The Bertz CT molecular complexity index is 304. The van der Waals surface area contributed by atoms with Gasteiger partial charge in [0.05, 0.1) is 0 Å². The molecule has 3 saturated carbocycles. The first-order valence-corrected chi connectivity index (χ1v) is 5.07. The van der Waals surface area contributed by atoms with Crippen LogP contribution in [-0.2, 0) is 4.79 Å². The van der Waals surface area contributed by atoms with Gasteiger partial charge in [0, 0.05) is 12.3 Å². The van der Waals surface area contributed by atoms with Crippen LogP contribution in [0.5, 0.6) is 0 Å². The van der Waals surface area contributed by atoms with E-state index in [0.29, 0.717) is 17.6 Å². The highest BCUT2D eigenvalue weighted by atomic mass is 16.1. The first kappa shape index (κ1) is 5.95. The SMILES string of the molecule is O=C1C[C@@H]2[C@H]3C=C[C@H]4[C@H]3C[C@H]2[C@H]14. The van der Waals surface area contributed by atoms with Gasteiger partial charge in [0.1, 0.15) is 5.78 Å². The maximum Gasteiger partial charge on any atom is 0.137 e. The number of ketones is 1. The Balaban J connectivity index is 1.97. The molecule has 3 fully saturated rings. The van der Waals surface area contributed by atoms with E-state index in [9.17, 15) is 4.79 Å². The molecule has 1 nitrogen and oxygen atoms in total. The second-order valence-electron chi connectivity index (χ2n) is 4.96. The van der Waals surface area contributed by atoms with Crippen molar-refractivity contribution in [2.45, 2.75) is 12.8 Å². The van der Waals surface area contributed by atoms with Gasteiger partial charge in [-0.3, -0.25) is 4.79 Å². The Morgan fingerprint density at radius 1 is 1.08 bits per heavy atom. The van der Waals surface area contributed by atoms with Crippen LogP contribution in [0.2, 0.25) is 0 Å². The molecule has 0 heterocycles. The molecule has 2 bridgehead atoms. The third-order valence-corrected chi connectivity index (χ3v) is 4.82. The lowest BCUT2D eigenvalue weighted by molar-refractivity contribution is -0.121. The summed E-state index contributed by atoms with van der Waals surface area (Å²) >= 11 is 0. The number of hydrogen-bond acceptors (Lipinski definition) is 1. The number of fused-ring (bicyclic) bond motifs is 2. The Morgan fingerprint density at radius 3 is 2.83 bits per heavy atom. The van der Waals surface area contributed by atoms with Crippen molar-refractivity contribution in [1.82, 2.24) is 0 Å². The lowest BCUT2D eigenvalue weighted by Gasteiger charge is -2.24. The zero-order valence-electron chi connectivity index (χ0n) is 6.94. The number of rotatable bonds is 0. The van der Waals surface area contributed by atoms with Gasteiger partial charge in [-0.15, -0.1) is 0 Å². The van der Waals surface area contributed by atoms with E-state index >= 15 is 0 Å². The fourth-order valence-electron chi connectivity index (χ4n) is 4.54. The molecule has 62 valence electrons. The Kier molecular flexibility index (Phi) is 0.768. The lowest BCUT2D eigenvalue weighted by atomic mass is 9.79. The Morgan fingerprint density at radius 2 is 1.92 bits per heavy atom. The standard InChI is InChI=1S/C11H12O/c12-10-4-8-5-1-2-6-7(5)3-9(8)11(6)10/h1-2,5-9,11H,3-4H2/t5-,6-,7-,8+,9+,11+/m0/s1. The van der Waals surface area contributed by atoms with Crippen molar-refractivity contribution in [1.29, 1.82) is 0 Å². The molecule has 0 amide bonds. The number of carbonyl (C=O) groups excluding carboxylic acids is 1. The van der Waals surface area contributed by atoms with Crippen LogP contribution < -0.4 is 0 Å². The minimum Gasteiger partial charge on any atom is -0.299 e. The average Bonchev–Trinajstić information content (AvgIpc) is 2.58. The minimum atomic E-state index is 0.468. The lowest BCUT2D eigenvalue weighted by Crippen LogP contribution is -2.23. The van der Waals surface area contributed by atoms with Crippen LogP contribution in [0.15, 0.2) is 12.2 Å². The number of Topliss-reactive ketones (excluding diaryl/α,β-unsaturated/α-hetero) is 1. The molecule has 0 radical (unpaired) electrons. The van der Waals surface area contributed by atoms with Crippen molar-refractivity contribution >= 4 is 5.78 Å². The zero-order chi connectivity index (χ0) is 7.87. The molecule has 0 aromatic heterocycles. The van der Waals surface area contributed by atoms with Crippen molar-refractivity contribution in [2.75, 3.05) is 0 Å². The topological polar surface area (TPSA) is 17.1 Å². The van der Waals surface area contributed by atoms with E-state index < -0.39 is 0 Å². The van der Waals surface area contributed by atoms with Crippen molar-refractivity contribution < 1.29 is 4.79 Å². The van der Waals surface area contributed by atoms with Gasteiger partial charge < -0.3 is 0 Å². The summed E-state index contributed by atoms with van der Waals surface area (Å²) in [6.45, 7) is 0. The second-order valence-corrected chi connectivity index (χ2v) is 4.96. The van der Waals surface area contributed by atoms with Gasteiger partial charge in [0.15, 0.2) is 0 Å². The van der Waals surface area contributed by atoms with Crippen molar-refractivity contribution in [3.05, 3.63) is 12.2 Å². The highest BCUT2D eigenvalue weighted by Crippen LogP contribution is 2.67. The molecule has 4 rings (SSSR count). The molecule has 4 aliphatic carbocycles. The number of hydrogen-bond donors (Lipinski definition) is 0. The zero-order valence-corrected chi connectivity index (χ0v) is 6.94. The fraction of sp³-hybridized carbons (Fsp3) is 0.727. The third-order valence-electron chi connectivity index (χ3n) is 4.82. The molecule has 0 aliphatic heterocycles. The van der Waals surface area contributed by atoms with Crippen LogP contribution >= 0.6 is 0 Å². The largest absolute Gasteiger partial charge is 0.299 e. The maximum atomic E-state index is 11.6. The minimum absolute atomic E-state index is 0.468. The van der Waals surface area contributed by atoms with Crippen LogP contribution in [0.4, 0.5) is 0 Å². The van der Waals surface area contributed by atoms with Gasteiger partial charge in [-0.1, -0.05) is 12.2 Å². The van der Waals surface area contributed by atoms with Gasteiger partial charge in [0.25, 0.3) is 0 Å². The maximum absolute atomic E-state index is 11.6. The van der Waals surface area contributed by atoms with Crippen LogP contribution in [0.3, 0.4) is 0 Å². The molecule has 6 atom stereocenters. The van der Waals surface area contributed by atoms with Crippen LogP contribution in [0, 0.1) is 35.5 Å². The third kappa shape index (κ3) is 0.408. The molecule has 0 N–H and O–H groups in total. The van der Waals surface area contributed by atoms with Crippen molar-refractivity contribution in [2.24, 2.45) is 35.5 Å². The van der Waals surface area contributed by atoms with E-state index in [1.165, 1.54) is 6.42 Å². The summed E-state index contributed by atoms with van der Waals surface area (Å²) in [5.41, 5.74) is 0. The van der Waals surface area contributed by atoms with Crippen molar-refractivity contribution in [3.63, 3.8) is 0 Å². The average molecular weight is 160 g/mol. The second kappa shape index (κ2) is 1.55. The smallest absolute Gasteiger partial charge is 0.137 e. The van der Waals surface area contributed by atoms with Gasteiger partial charge in [-0.2, -0.15) is 0 Å². The molecule has 4 aliphatic rings. The molecular weight excluding hydrogens is 148 g/mol. The number of carbonyl (C=O) groups is 1. The van der Waals surface area contributed by atoms with E-state index in [1.807, 2.05) is 0 Å². The monoisotopic (exact) mass is 160 g/mol. The summed E-state index contributed by atoms with van der Waals surface area (Å²) in [4.78, 5) is 11.6. The summed E-state index contributed by atoms with van der Waals surface area (Å²) in [6, 6.07) is 0. The summed E-state index contributed by atoms with van der Waals surface area (Å²) < 4.78 is 0. The van der Waals surface area contributed by atoms with Gasteiger partial charge >= 0.3 is 0 Å². The van der Waals surface area contributed by atoms with Gasteiger partial charge in [-0.05, 0) is 36.0 Å². The first-order chi connectivity index (χ1) is 5.86. The first-order valence-electron chi connectivity index (χ1n) is 5.07. The summed E-state index contributed by atoms with van der Waals surface area (Å²) in [6.07, 6.45) is 7.03. The summed E-state index contributed by atoms with van der Waals surface area (Å²) in [7, 11) is 0. The molecule has 0 aromatic rings. The predicted octanol–water partition coefficient (Wildman–Crippen LogP) is 1.64. The van der Waals surface area contributed by atoms with Crippen LogP contribution in [0.25, 0.3) is 0 Å². The van der Waals surface area contributed by atoms with Crippen LogP contribution in [0.1, 0.15) is 12.8 Å². The Hall–Kier alpha value is -0.590. The normalized spacial score (nSPS) is 63.8. The van der Waals surface area contributed by atoms with Crippen LogP contribution in [-0.4, -0.2) is 5.78 Å². The van der Waals surface area contributed by atoms with Crippen molar-refractivity contribution in [3.8, 4) is 0 Å². The molecule has 0 unspecified atom stereocenters. The highest BCUT2D eigenvalue weighted by molar-refractivity contribution is 5.86. The number of allylic oxidation sites excluding steroid dienone is 2. The van der Waals surface area contributed by atoms with E-state index in [4.69, 9.17) is 0 Å². The van der Waals surface area contributed by atoms with E-state index in [1.54, 1.807) is 0 Å². The summed E-state index contributed by atoms with van der Waals surface area (Å²) in [5.74, 6) is 4.99. The van der Waals surface area contributed by atoms with E-state index in [-0.39, 0.29) is 0 Å². The molecule has 1 heteroatoms. The van der Waals surface area contributed by atoms with Gasteiger partial charge in [0.2, 0.25) is 0 Å². The molecule has 0 aromatic carbocycles.